The molecule has 194 valence electrons. The fraction of sp³-hybridized carbons (Fsp3) is 0.133. The molecule has 0 spiro atoms. The van der Waals surface area contributed by atoms with Gasteiger partial charge in [0.15, 0.2) is 11.0 Å². The molecule has 1 aliphatic rings. The Balaban J connectivity index is 1.65. The average molecular weight is 592 g/mol. The number of benzene rings is 3. The van der Waals surface area contributed by atoms with Crippen LogP contribution in [-0.2, 0) is 20.5 Å². The van der Waals surface area contributed by atoms with Crippen molar-refractivity contribution in [3.05, 3.63) is 98.7 Å². The van der Waals surface area contributed by atoms with Gasteiger partial charge in [-0.1, -0.05) is 41.4 Å². The van der Waals surface area contributed by atoms with Gasteiger partial charge in [-0.25, -0.2) is 4.21 Å². The fourth-order valence-electron chi connectivity index (χ4n) is 5.11. The third-order valence-corrected chi connectivity index (χ3v) is 9.64. The maximum atomic E-state index is 14.3. The number of hydrogen-bond donors (Lipinski definition) is 0. The van der Waals surface area contributed by atoms with E-state index in [2.05, 4.69) is 6.07 Å². The minimum Gasteiger partial charge on any atom is -0.469 e. The van der Waals surface area contributed by atoms with Crippen molar-refractivity contribution < 1.29 is 13.7 Å². The molecule has 1 fully saturated rings. The first-order chi connectivity index (χ1) is 18.9. The Labute approximate surface area is 241 Å². The number of methoxy groups -OCH3 is 1. The van der Waals surface area contributed by atoms with E-state index >= 15 is 0 Å². The molecule has 9 heteroatoms. The highest BCUT2D eigenvalue weighted by molar-refractivity contribution is 7.83. The number of halogens is 2. The first-order valence-corrected chi connectivity index (χ1v) is 14.8. The molecule has 5 nitrogen and oxygen atoms in total. The number of rotatable bonds is 6. The highest BCUT2D eigenvalue weighted by atomic mass is 35.5. The second kappa shape index (κ2) is 10.3. The molecule has 0 amide bonds. The summed E-state index contributed by atoms with van der Waals surface area (Å²) in [5, 5.41) is 13.7. The summed E-state index contributed by atoms with van der Waals surface area (Å²) in [5.74, 6) is -0.456. The minimum atomic E-state index is -1.65. The van der Waals surface area contributed by atoms with Crippen LogP contribution in [0.25, 0.3) is 33.3 Å². The Morgan fingerprint density at radius 1 is 1.08 bits per heavy atom. The number of ether oxygens (including phenoxy) is 1. The second-order valence-electron chi connectivity index (χ2n) is 9.26. The molecule has 3 atom stereocenters. The van der Waals surface area contributed by atoms with Crippen molar-refractivity contribution in [2.75, 3.05) is 7.11 Å². The van der Waals surface area contributed by atoms with Crippen LogP contribution in [0.1, 0.15) is 22.8 Å². The number of fused-ring (bicyclic) bond motifs is 1. The highest BCUT2D eigenvalue weighted by Gasteiger charge is 2.45. The molecule has 2 heterocycles. The topological polar surface area (TPSA) is 72.1 Å². The van der Waals surface area contributed by atoms with Gasteiger partial charge in [-0.3, -0.25) is 8.77 Å². The molecular formula is C30H20Cl2N2O3S2. The van der Waals surface area contributed by atoms with Crippen molar-refractivity contribution in [3.8, 4) is 28.5 Å². The van der Waals surface area contributed by atoms with Gasteiger partial charge in [-0.15, -0.1) is 11.3 Å². The largest absolute Gasteiger partial charge is 0.469 e. The van der Waals surface area contributed by atoms with E-state index in [1.54, 1.807) is 28.2 Å². The van der Waals surface area contributed by atoms with Crippen molar-refractivity contribution >= 4 is 62.4 Å². The summed E-state index contributed by atoms with van der Waals surface area (Å²) in [6, 6.07) is 24.6. The molecule has 0 N–H and O–H groups in total. The van der Waals surface area contributed by atoms with Gasteiger partial charge in [0.25, 0.3) is 0 Å². The van der Waals surface area contributed by atoms with Gasteiger partial charge in [-0.05, 0) is 77.9 Å². The Bertz CT molecular complexity index is 1820. The summed E-state index contributed by atoms with van der Waals surface area (Å²) >= 11 is 14.2. The molecular weight excluding hydrogens is 571 g/mol. The molecule has 1 saturated carbocycles. The number of aromatic nitrogens is 1. The molecule has 2 aromatic heterocycles. The Morgan fingerprint density at radius 2 is 1.85 bits per heavy atom. The molecule has 3 unspecified atom stereocenters. The lowest BCUT2D eigenvalue weighted by Gasteiger charge is -2.14. The van der Waals surface area contributed by atoms with Crippen molar-refractivity contribution in [3.63, 3.8) is 0 Å². The minimum absolute atomic E-state index is 0.00578. The number of carbonyl (C=O) groups excluding carboxylic acids is 1. The maximum absolute atomic E-state index is 14.3. The number of hydrogen-bond acceptors (Lipinski definition) is 5. The summed E-state index contributed by atoms with van der Waals surface area (Å²) in [5.41, 5.74) is 4.67. The molecule has 5 aromatic rings. The zero-order valence-electron chi connectivity index (χ0n) is 20.6. The summed E-state index contributed by atoms with van der Waals surface area (Å²) in [6.45, 7) is 0. The second-order valence-corrected chi connectivity index (χ2v) is 12.4. The van der Waals surface area contributed by atoms with Crippen LogP contribution in [0.2, 0.25) is 10.0 Å². The van der Waals surface area contributed by atoms with Gasteiger partial charge in [0.1, 0.15) is 10.9 Å². The molecule has 0 saturated heterocycles. The van der Waals surface area contributed by atoms with Crippen LogP contribution in [-0.4, -0.2) is 21.3 Å². The number of nitriles is 1. The van der Waals surface area contributed by atoms with Gasteiger partial charge in [0.2, 0.25) is 0 Å². The molecule has 3 aromatic carbocycles. The molecule has 0 aliphatic heterocycles. The average Bonchev–Trinajstić information content (AvgIpc) is 3.49. The lowest BCUT2D eigenvalue weighted by atomic mass is 9.97. The zero-order valence-corrected chi connectivity index (χ0v) is 23.7. The molecule has 0 radical (unpaired) electrons. The van der Waals surface area contributed by atoms with Gasteiger partial charge in [0.05, 0.1) is 29.1 Å². The molecule has 39 heavy (non-hydrogen) atoms. The number of nitrogens with zero attached hydrogens (tertiary/aromatic N) is 2. The first-order valence-electron chi connectivity index (χ1n) is 12.1. The predicted octanol–water partition coefficient (Wildman–Crippen LogP) is 8.06. The van der Waals surface area contributed by atoms with E-state index in [1.165, 1.54) is 18.4 Å². The number of thiophene rings is 1. The first kappa shape index (κ1) is 25.8. The molecule has 6 rings (SSSR count). The zero-order chi connectivity index (χ0) is 27.3. The quantitative estimate of drug-likeness (QED) is 0.187. The van der Waals surface area contributed by atoms with Crippen LogP contribution >= 0.6 is 34.5 Å². The lowest BCUT2D eigenvalue weighted by molar-refractivity contribution is -0.142. The van der Waals surface area contributed by atoms with Crippen LogP contribution in [0.5, 0.6) is 0 Å². The van der Waals surface area contributed by atoms with Crippen LogP contribution < -0.4 is 0 Å². The smallest absolute Gasteiger partial charge is 0.309 e. The molecule has 0 bridgehead atoms. The predicted molar refractivity (Wildman–Crippen MR) is 157 cm³/mol. The summed E-state index contributed by atoms with van der Waals surface area (Å²) < 4.78 is 21.0. The van der Waals surface area contributed by atoms with Gasteiger partial charge in [0, 0.05) is 32.1 Å². The van der Waals surface area contributed by atoms with E-state index in [9.17, 15) is 14.3 Å². The summed E-state index contributed by atoms with van der Waals surface area (Å²) in [6.07, 6.45) is 0.683. The SMILES string of the molecule is COC(=O)C1CC1c1cc(Cl)cc(-c2c(-c3ccsc3C#N)c3ccccc3n2S(=O)c2ccc(Cl)cc2)c1. The van der Waals surface area contributed by atoms with E-state index in [0.717, 1.165) is 33.2 Å². The van der Waals surface area contributed by atoms with Crippen molar-refractivity contribution in [2.24, 2.45) is 5.92 Å². The number of para-hydroxylation sites is 1. The van der Waals surface area contributed by atoms with Crippen molar-refractivity contribution in [2.45, 2.75) is 17.2 Å². The lowest BCUT2D eigenvalue weighted by Crippen LogP contribution is -2.07. The van der Waals surface area contributed by atoms with E-state index in [4.69, 9.17) is 27.9 Å². The van der Waals surface area contributed by atoms with Gasteiger partial charge >= 0.3 is 5.97 Å². The Morgan fingerprint density at radius 3 is 2.59 bits per heavy atom. The number of esters is 1. The number of carbonyl (C=O) groups is 1. The Hall–Kier alpha value is -3.41. The van der Waals surface area contributed by atoms with E-state index in [-0.39, 0.29) is 17.8 Å². The summed E-state index contributed by atoms with van der Waals surface area (Å²) in [4.78, 5) is 13.3. The third kappa shape index (κ3) is 4.58. The van der Waals surface area contributed by atoms with Gasteiger partial charge < -0.3 is 4.74 Å². The summed E-state index contributed by atoms with van der Waals surface area (Å²) in [7, 11) is -0.259. The van der Waals surface area contributed by atoms with E-state index in [1.807, 2.05) is 53.9 Å². The monoisotopic (exact) mass is 590 g/mol. The molecule has 1 aliphatic carbocycles. The van der Waals surface area contributed by atoms with Gasteiger partial charge in [-0.2, -0.15) is 5.26 Å². The fourth-order valence-corrected chi connectivity index (χ4v) is 7.45. The highest BCUT2D eigenvalue weighted by Crippen LogP contribution is 2.51. The maximum Gasteiger partial charge on any atom is 0.309 e. The van der Waals surface area contributed by atoms with Crippen molar-refractivity contribution in [1.82, 2.24) is 3.97 Å². The normalized spacial score (nSPS) is 17.1. The third-order valence-electron chi connectivity index (χ3n) is 6.97. The van der Waals surface area contributed by atoms with Crippen LogP contribution in [0.15, 0.2) is 83.1 Å². The standard InChI is InChI=1S/C30H20Cl2N2O3S2/c1-37-30(35)25-15-24(25)17-12-18(14-20(32)13-17)29-28(23-10-11-38-27(23)16-33)22-4-2-3-5-26(22)34(29)39(36)21-8-6-19(31)7-9-21/h2-14,24-25H,15H2,1H3. The van der Waals surface area contributed by atoms with Crippen LogP contribution in [0, 0.1) is 17.2 Å². The van der Waals surface area contributed by atoms with E-state index < -0.39 is 11.0 Å². The Kier molecular flexibility index (Phi) is 6.82. The van der Waals surface area contributed by atoms with Crippen LogP contribution in [0.3, 0.4) is 0 Å². The van der Waals surface area contributed by atoms with E-state index in [0.29, 0.717) is 31.9 Å². The van der Waals surface area contributed by atoms with Crippen molar-refractivity contribution in [1.29, 1.82) is 5.26 Å². The van der Waals surface area contributed by atoms with Crippen LogP contribution in [0.4, 0.5) is 0 Å².